The molecule has 1 heterocycles. The summed E-state index contributed by atoms with van der Waals surface area (Å²) in [6.07, 6.45) is 4.31. The highest BCUT2D eigenvalue weighted by atomic mass is 79.9. The number of rotatable bonds is 3. The van der Waals surface area contributed by atoms with Gasteiger partial charge in [0.15, 0.2) is 0 Å². The highest BCUT2D eigenvalue weighted by molar-refractivity contribution is 9.10. The van der Waals surface area contributed by atoms with E-state index in [1.807, 2.05) is 6.21 Å². The van der Waals surface area contributed by atoms with Gasteiger partial charge in [-0.15, -0.1) is 0 Å². The minimum absolute atomic E-state index is 0.619. The summed E-state index contributed by atoms with van der Waals surface area (Å²) in [7, 11) is 0. The Kier molecular flexibility index (Phi) is 4.03. The smallest absolute Gasteiger partial charge is 0.0430 e. The van der Waals surface area contributed by atoms with E-state index in [0.717, 1.165) is 18.9 Å². The van der Waals surface area contributed by atoms with E-state index in [9.17, 15) is 0 Å². The van der Waals surface area contributed by atoms with Crippen LogP contribution in [0, 0.1) is 5.92 Å². The largest absolute Gasteiger partial charge is 0.292 e. The second-order valence-corrected chi connectivity index (χ2v) is 6.15. The second-order valence-electron chi connectivity index (χ2n) is 5.35. The van der Waals surface area contributed by atoms with Crippen molar-refractivity contribution in [3.63, 3.8) is 0 Å². The molecule has 0 aromatic heterocycles. The second kappa shape index (κ2) is 5.34. The summed E-state index contributed by atoms with van der Waals surface area (Å²) >= 11 is 3.80. The number of halogens is 1. The molecule has 0 radical (unpaired) electrons. The topological polar surface area (TPSA) is 12.4 Å². The number of hydrogen-bond donors (Lipinski definition) is 0. The molecule has 0 saturated heterocycles. The zero-order valence-corrected chi connectivity index (χ0v) is 12.4. The van der Waals surface area contributed by atoms with Gasteiger partial charge in [0.05, 0.1) is 0 Å². The SMILES string of the molecule is CC(C)CC(C)c1ccc2c(c1Br)CCN=C2. The summed E-state index contributed by atoms with van der Waals surface area (Å²) in [5.41, 5.74) is 4.17. The first-order valence-corrected chi connectivity index (χ1v) is 7.20. The van der Waals surface area contributed by atoms with E-state index >= 15 is 0 Å². The fraction of sp³-hybridized carbons (Fsp3) is 0.533. The minimum Gasteiger partial charge on any atom is -0.292 e. The van der Waals surface area contributed by atoms with Crippen LogP contribution in [-0.4, -0.2) is 12.8 Å². The predicted molar refractivity (Wildman–Crippen MR) is 78.2 cm³/mol. The normalized spacial score (nSPS) is 16.1. The van der Waals surface area contributed by atoms with E-state index in [2.05, 4.69) is 53.8 Å². The quantitative estimate of drug-likeness (QED) is 0.774. The lowest BCUT2D eigenvalue weighted by atomic mass is 9.89. The van der Waals surface area contributed by atoms with Gasteiger partial charge in [-0.05, 0) is 41.4 Å². The van der Waals surface area contributed by atoms with Gasteiger partial charge in [0.25, 0.3) is 0 Å². The van der Waals surface area contributed by atoms with Crippen molar-refractivity contribution in [2.24, 2.45) is 10.9 Å². The number of aliphatic imine (C=N–C) groups is 1. The summed E-state index contributed by atoms with van der Waals surface area (Å²) in [5, 5.41) is 0. The molecule has 1 aromatic carbocycles. The molecule has 2 heteroatoms. The Morgan fingerprint density at radius 1 is 1.29 bits per heavy atom. The van der Waals surface area contributed by atoms with Gasteiger partial charge in [0, 0.05) is 17.2 Å². The predicted octanol–water partition coefficient (Wildman–Crippen LogP) is 4.57. The van der Waals surface area contributed by atoms with Gasteiger partial charge in [-0.25, -0.2) is 0 Å². The standard InChI is InChI=1S/C15H20BrN/c1-10(2)8-11(3)13-5-4-12-9-17-7-6-14(12)15(13)16/h4-5,9-11H,6-8H2,1-3H3. The molecule has 0 N–H and O–H groups in total. The lowest BCUT2D eigenvalue weighted by molar-refractivity contribution is 0.522. The number of fused-ring (bicyclic) bond motifs is 1. The van der Waals surface area contributed by atoms with Crippen molar-refractivity contribution < 1.29 is 0 Å². The highest BCUT2D eigenvalue weighted by Gasteiger charge is 2.17. The Morgan fingerprint density at radius 2 is 2.06 bits per heavy atom. The van der Waals surface area contributed by atoms with Crippen LogP contribution in [0.2, 0.25) is 0 Å². The molecule has 2 rings (SSSR count). The maximum absolute atomic E-state index is 4.34. The molecular weight excluding hydrogens is 274 g/mol. The molecule has 0 amide bonds. The average Bonchev–Trinajstić information content (AvgIpc) is 2.28. The van der Waals surface area contributed by atoms with E-state index in [1.54, 1.807) is 0 Å². The Hall–Kier alpha value is -0.630. The van der Waals surface area contributed by atoms with Crippen LogP contribution in [0.1, 0.15) is 49.8 Å². The molecule has 1 aliphatic heterocycles. The van der Waals surface area contributed by atoms with Gasteiger partial charge < -0.3 is 0 Å². The maximum Gasteiger partial charge on any atom is 0.0430 e. The fourth-order valence-electron chi connectivity index (χ4n) is 2.58. The van der Waals surface area contributed by atoms with Gasteiger partial charge in [-0.1, -0.05) is 48.8 Å². The van der Waals surface area contributed by atoms with Crippen LogP contribution in [0.3, 0.4) is 0 Å². The Labute approximate surface area is 112 Å². The first kappa shape index (κ1) is 12.8. The molecular formula is C15H20BrN. The molecule has 0 fully saturated rings. The van der Waals surface area contributed by atoms with Crippen molar-refractivity contribution >= 4 is 22.1 Å². The summed E-state index contributed by atoms with van der Waals surface area (Å²) in [4.78, 5) is 4.34. The van der Waals surface area contributed by atoms with E-state index in [4.69, 9.17) is 0 Å². The van der Waals surface area contributed by atoms with Gasteiger partial charge >= 0.3 is 0 Å². The van der Waals surface area contributed by atoms with Crippen LogP contribution in [0.4, 0.5) is 0 Å². The molecule has 1 aliphatic rings. The molecule has 0 saturated carbocycles. The third-order valence-corrected chi connectivity index (χ3v) is 4.32. The maximum atomic E-state index is 4.34. The van der Waals surface area contributed by atoms with Crippen LogP contribution in [-0.2, 0) is 6.42 Å². The molecule has 1 unspecified atom stereocenters. The van der Waals surface area contributed by atoms with Gasteiger partial charge in [0.1, 0.15) is 0 Å². The van der Waals surface area contributed by atoms with Gasteiger partial charge in [0.2, 0.25) is 0 Å². The monoisotopic (exact) mass is 293 g/mol. The van der Waals surface area contributed by atoms with E-state index < -0.39 is 0 Å². The van der Waals surface area contributed by atoms with Crippen molar-refractivity contribution in [3.05, 3.63) is 33.3 Å². The lowest BCUT2D eigenvalue weighted by Gasteiger charge is -2.20. The van der Waals surface area contributed by atoms with Crippen molar-refractivity contribution in [2.75, 3.05) is 6.54 Å². The summed E-state index contributed by atoms with van der Waals surface area (Å²) in [6.45, 7) is 7.82. The van der Waals surface area contributed by atoms with Crippen molar-refractivity contribution in [1.29, 1.82) is 0 Å². The highest BCUT2D eigenvalue weighted by Crippen LogP contribution is 2.34. The van der Waals surface area contributed by atoms with Crippen molar-refractivity contribution in [1.82, 2.24) is 0 Å². The number of nitrogens with zero attached hydrogens (tertiary/aromatic N) is 1. The van der Waals surface area contributed by atoms with Crippen LogP contribution in [0.25, 0.3) is 0 Å². The third kappa shape index (κ3) is 2.79. The fourth-order valence-corrected chi connectivity index (χ4v) is 3.53. The Bertz CT molecular complexity index is 435. The minimum atomic E-state index is 0.619. The zero-order valence-electron chi connectivity index (χ0n) is 10.8. The van der Waals surface area contributed by atoms with E-state index in [0.29, 0.717) is 5.92 Å². The molecule has 17 heavy (non-hydrogen) atoms. The van der Waals surface area contributed by atoms with Crippen LogP contribution in [0.5, 0.6) is 0 Å². The summed E-state index contributed by atoms with van der Waals surface area (Å²) in [6, 6.07) is 4.47. The van der Waals surface area contributed by atoms with Crippen molar-refractivity contribution in [2.45, 2.75) is 39.5 Å². The Morgan fingerprint density at radius 3 is 2.76 bits per heavy atom. The van der Waals surface area contributed by atoms with Crippen LogP contribution >= 0.6 is 15.9 Å². The number of benzene rings is 1. The van der Waals surface area contributed by atoms with E-state index in [-0.39, 0.29) is 0 Å². The Balaban J connectivity index is 2.33. The van der Waals surface area contributed by atoms with E-state index in [1.165, 1.54) is 27.6 Å². The molecule has 1 atom stereocenters. The molecule has 92 valence electrons. The van der Waals surface area contributed by atoms with Crippen LogP contribution in [0.15, 0.2) is 21.6 Å². The number of hydrogen-bond acceptors (Lipinski definition) is 1. The van der Waals surface area contributed by atoms with Crippen LogP contribution < -0.4 is 0 Å². The molecule has 0 aliphatic carbocycles. The zero-order chi connectivity index (χ0) is 12.4. The molecule has 0 spiro atoms. The molecule has 0 bridgehead atoms. The first-order valence-electron chi connectivity index (χ1n) is 6.40. The first-order chi connectivity index (χ1) is 8.09. The third-order valence-electron chi connectivity index (χ3n) is 3.39. The van der Waals surface area contributed by atoms with Crippen molar-refractivity contribution in [3.8, 4) is 0 Å². The van der Waals surface area contributed by atoms with Gasteiger partial charge in [-0.3, -0.25) is 4.99 Å². The molecule has 1 aromatic rings. The molecule has 1 nitrogen and oxygen atoms in total. The average molecular weight is 294 g/mol. The lowest BCUT2D eigenvalue weighted by Crippen LogP contribution is -2.08. The summed E-state index contributed by atoms with van der Waals surface area (Å²) < 4.78 is 1.31. The van der Waals surface area contributed by atoms with Gasteiger partial charge in [-0.2, -0.15) is 0 Å². The summed E-state index contributed by atoms with van der Waals surface area (Å²) in [5.74, 6) is 1.36.